The molecule has 1 aliphatic rings. The predicted molar refractivity (Wildman–Crippen MR) is 99.9 cm³/mol. The Kier molecular flexibility index (Phi) is 4.67. The molecule has 1 amide bonds. The van der Waals surface area contributed by atoms with E-state index in [0.717, 1.165) is 38.3 Å². The van der Waals surface area contributed by atoms with Gasteiger partial charge in [-0.05, 0) is 37.5 Å². The van der Waals surface area contributed by atoms with Crippen LogP contribution < -0.4 is 5.32 Å². The van der Waals surface area contributed by atoms with Crippen LogP contribution in [0.4, 0.5) is 0 Å². The van der Waals surface area contributed by atoms with Gasteiger partial charge in [0.25, 0.3) is 5.91 Å². The van der Waals surface area contributed by atoms with E-state index in [9.17, 15) is 4.79 Å². The quantitative estimate of drug-likeness (QED) is 0.786. The molecule has 1 fully saturated rings. The van der Waals surface area contributed by atoms with E-state index < -0.39 is 0 Å². The van der Waals surface area contributed by atoms with Gasteiger partial charge in [0.2, 0.25) is 0 Å². The van der Waals surface area contributed by atoms with E-state index in [1.165, 1.54) is 5.56 Å². The summed E-state index contributed by atoms with van der Waals surface area (Å²) < 4.78 is 1.87. The highest BCUT2D eigenvalue weighted by atomic mass is 16.1. The Morgan fingerprint density at radius 1 is 1.15 bits per heavy atom. The van der Waals surface area contributed by atoms with Crippen LogP contribution in [0, 0.1) is 6.92 Å². The van der Waals surface area contributed by atoms with Gasteiger partial charge in [-0.2, -0.15) is 0 Å². The summed E-state index contributed by atoms with van der Waals surface area (Å²) in [6, 6.07) is 14.4. The first-order valence-corrected chi connectivity index (χ1v) is 9.07. The topological polar surface area (TPSA) is 62.5 Å². The lowest BCUT2D eigenvalue weighted by Gasteiger charge is -2.32. The Labute approximate surface area is 152 Å². The summed E-state index contributed by atoms with van der Waals surface area (Å²) in [7, 11) is 0. The summed E-state index contributed by atoms with van der Waals surface area (Å²) in [4.78, 5) is 15.0. The number of piperidine rings is 1. The number of pyridine rings is 1. The van der Waals surface area contributed by atoms with Gasteiger partial charge in [0.1, 0.15) is 5.82 Å². The molecule has 4 rings (SSSR count). The highest BCUT2D eigenvalue weighted by Gasteiger charge is 2.21. The van der Waals surface area contributed by atoms with Crippen molar-refractivity contribution in [3.05, 3.63) is 65.6 Å². The summed E-state index contributed by atoms with van der Waals surface area (Å²) in [5.74, 6) is 0.785. The first-order valence-electron chi connectivity index (χ1n) is 9.07. The fourth-order valence-corrected chi connectivity index (χ4v) is 3.50. The second kappa shape index (κ2) is 7.25. The molecule has 1 aliphatic heterocycles. The molecule has 1 saturated heterocycles. The number of aromatic nitrogens is 3. The van der Waals surface area contributed by atoms with Gasteiger partial charge in [0.15, 0.2) is 5.65 Å². The smallest absolute Gasteiger partial charge is 0.251 e. The van der Waals surface area contributed by atoms with Crippen molar-refractivity contribution >= 4 is 11.6 Å². The predicted octanol–water partition coefficient (Wildman–Crippen LogP) is 2.43. The van der Waals surface area contributed by atoms with Crippen LogP contribution in [-0.2, 0) is 6.54 Å². The van der Waals surface area contributed by atoms with Gasteiger partial charge in [0.05, 0.1) is 0 Å². The van der Waals surface area contributed by atoms with E-state index in [-0.39, 0.29) is 11.9 Å². The molecule has 26 heavy (non-hydrogen) atoms. The van der Waals surface area contributed by atoms with Crippen LogP contribution in [0.15, 0.2) is 48.7 Å². The Balaban J connectivity index is 1.32. The van der Waals surface area contributed by atoms with Crippen LogP contribution in [-0.4, -0.2) is 44.5 Å². The first-order chi connectivity index (χ1) is 12.7. The van der Waals surface area contributed by atoms with Crippen LogP contribution in [0.25, 0.3) is 5.65 Å². The molecule has 1 aromatic carbocycles. The van der Waals surface area contributed by atoms with Crippen LogP contribution in [0.3, 0.4) is 0 Å². The maximum atomic E-state index is 12.6. The molecule has 6 heteroatoms. The van der Waals surface area contributed by atoms with Gasteiger partial charge in [0, 0.05) is 37.4 Å². The maximum absolute atomic E-state index is 12.6. The number of likely N-dealkylation sites (tertiary alicyclic amines) is 1. The standard InChI is InChI=1S/C20H23N5O/c1-15-22-23-19-13-17(7-12-25(15)19)20(26)21-18-8-10-24(11-9-18)14-16-5-3-2-4-6-16/h2-7,12-13,18H,8-11,14H2,1H3,(H,21,26). The fourth-order valence-electron chi connectivity index (χ4n) is 3.50. The largest absolute Gasteiger partial charge is 0.349 e. The fraction of sp³-hybridized carbons (Fsp3) is 0.350. The number of amides is 1. The van der Waals surface area contributed by atoms with E-state index in [0.29, 0.717) is 11.2 Å². The van der Waals surface area contributed by atoms with Gasteiger partial charge in [-0.15, -0.1) is 10.2 Å². The Morgan fingerprint density at radius 2 is 1.92 bits per heavy atom. The number of carbonyl (C=O) groups is 1. The number of benzene rings is 1. The second-order valence-electron chi connectivity index (χ2n) is 6.90. The summed E-state index contributed by atoms with van der Waals surface area (Å²) in [6.07, 6.45) is 3.80. The molecular weight excluding hydrogens is 326 g/mol. The number of carbonyl (C=O) groups excluding carboxylic acids is 1. The number of fused-ring (bicyclic) bond motifs is 1. The van der Waals surface area contributed by atoms with Crippen LogP contribution >= 0.6 is 0 Å². The third-order valence-electron chi connectivity index (χ3n) is 5.01. The number of nitrogens with one attached hydrogen (secondary N) is 1. The van der Waals surface area contributed by atoms with Crippen LogP contribution in [0.5, 0.6) is 0 Å². The van der Waals surface area contributed by atoms with E-state index >= 15 is 0 Å². The Morgan fingerprint density at radius 3 is 2.69 bits per heavy atom. The molecule has 0 saturated carbocycles. The van der Waals surface area contributed by atoms with Gasteiger partial charge in [-0.3, -0.25) is 14.1 Å². The summed E-state index contributed by atoms with van der Waals surface area (Å²) in [5, 5.41) is 11.3. The van der Waals surface area contributed by atoms with Gasteiger partial charge in [-0.25, -0.2) is 0 Å². The molecular formula is C20H23N5O. The number of hydrogen-bond donors (Lipinski definition) is 1. The van der Waals surface area contributed by atoms with Crippen molar-refractivity contribution in [2.45, 2.75) is 32.4 Å². The van der Waals surface area contributed by atoms with E-state index in [2.05, 4.69) is 44.7 Å². The molecule has 1 N–H and O–H groups in total. The molecule has 0 radical (unpaired) electrons. The zero-order valence-electron chi connectivity index (χ0n) is 14.9. The van der Waals surface area contributed by atoms with Crippen molar-refractivity contribution in [1.29, 1.82) is 0 Å². The molecule has 0 bridgehead atoms. The van der Waals surface area contributed by atoms with E-state index in [1.807, 2.05) is 29.7 Å². The summed E-state index contributed by atoms with van der Waals surface area (Å²) in [5.41, 5.74) is 2.68. The average molecular weight is 349 g/mol. The molecule has 0 spiro atoms. The Hall–Kier alpha value is -2.73. The van der Waals surface area contributed by atoms with Crippen molar-refractivity contribution in [2.24, 2.45) is 0 Å². The van der Waals surface area contributed by atoms with Crippen molar-refractivity contribution in [3.8, 4) is 0 Å². The maximum Gasteiger partial charge on any atom is 0.251 e. The lowest BCUT2D eigenvalue weighted by atomic mass is 10.0. The number of hydrogen-bond acceptors (Lipinski definition) is 4. The second-order valence-corrected chi connectivity index (χ2v) is 6.90. The van der Waals surface area contributed by atoms with Gasteiger partial charge >= 0.3 is 0 Å². The zero-order chi connectivity index (χ0) is 17.9. The SMILES string of the molecule is Cc1nnc2cc(C(=O)NC3CCN(Cc4ccccc4)CC3)ccn12. The molecule has 3 heterocycles. The normalized spacial score (nSPS) is 16.0. The average Bonchev–Trinajstić information content (AvgIpc) is 3.04. The van der Waals surface area contributed by atoms with E-state index in [4.69, 9.17) is 0 Å². The molecule has 6 nitrogen and oxygen atoms in total. The highest BCUT2D eigenvalue weighted by molar-refractivity contribution is 5.95. The molecule has 2 aromatic heterocycles. The lowest BCUT2D eigenvalue weighted by Crippen LogP contribution is -2.44. The minimum Gasteiger partial charge on any atom is -0.349 e. The molecule has 0 atom stereocenters. The van der Waals surface area contributed by atoms with Gasteiger partial charge in [-0.1, -0.05) is 30.3 Å². The van der Waals surface area contributed by atoms with Crippen molar-refractivity contribution in [1.82, 2.24) is 24.8 Å². The molecule has 0 aliphatic carbocycles. The summed E-state index contributed by atoms with van der Waals surface area (Å²) in [6.45, 7) is 4.87. The molecule has 134 valence electrons. The van der Waals surface area contributed by atoms with Crippen LogP contribution in [0.2, 0.25) is 0 Å². The van der Waals surface area contributed by atoms with Crippen molar-refractivity contribution < 1.29 is 4.79 Å². The molecule has 0 unspecified atom stereocenters. The van der Waals surface area contributed by atoms with E-state index in [1.54, 1.807) is 6.07 Å². The van der Waals surface area contributed by atoms with Crippen molar-refractivity contribution in [3.63, 3.8) is 0 Å². The van der Waals surface area contributed by atoms with Crippen molar-refractivity contribution in [2.75, 3.05) is 13.1 Å². The third kappa shape index (κ3) is 3.60. The number of aryl methyl sites for hydroxylation is 1. The first kappa shape index (κ1) is 16.7. The Bertz CT molecular complexity index is 897. The van der Waals surface area contributed by atoms with Crippen LogP contribution in [0.1, 0.15) is 34.6 Å². The zero-order valence-corrected chi connectivity index (χ0v) is 14.9. The number of rotatable bonds is 4. The monoisotopic (exact) mass is 349 g/mol. The van der Waals surface area contributed by atoms with Gasteiger partial charge < -0.3 is 5.32 Å². The third-order valence-corrected chi connectivity index (χ3v) is 5.01. The highest BCUT2D eigenvalue weighted by Crippen LogP contribution is 2.15. The number of nitrogens with zero attached hydrogens (tertiary/aromatic N) is 4. The lowest BCUT2D eigenvalue weighted by molar-refractivity contribution is 0.0909. The molecule has 3 aromatic rings. The minimum absolute atomic E-state index is 0.0327. The summed E-state index contributed by atoms with van der Waals surface area (Å²) >= 11 is 0. The minimum atomic E-state index is -0.0327.